The Morgan fingerprint density at radius 2 is 2.22 bits per heavy atom. The average Bonchev–Trinajstić information content (AvgIpc) is 3.12. The number of piperidine rings is 1. The second-order valence-corrected chi connectivity index (χ2v) is 7.83. The quantitative estimate of drug-likeness (QED) is 0.814. The summed E-state index contributed by atoms with van der Waals surface area (Å²) in [5, 5.41) is 4.06. The number of aryl methyl sites for hydroxylation is 1. The van der Waals surface area contributed by atoms with Gasteiger partial charge in [0.2, 0.25) is 15.9 Å². The van der Waals surface area contributed by atoms with Gasteiger partial charge in [-0.1, -0.05) is 0 Å². The maximum atomic E-state index is 12.6. The van der Waals surface area contributed by atoms with Crippen LogP contribution in [-0.2, 0) is 26.6 Å². The van der Waals surface area contributed by atoms with Gasteiger partial charge in [0.05, 0.1) is 18.1 Å². The van der Waals surface area contributed by atoms with Gasteiger partial charge in [0.25, 0.3) is 0 Å². The normalized spacial score (nSPS) is 26.0. The number of hydrogen-bond acceptors (Lipinski definition) is 5. The molecule has 2 atom stereocenters. The first-order valence-corrected chi connectivity index (χ1v) is 9.52. The van der Waals surface area contributed by atoms with Gasteiger partial charge in [0.1, 0.15) is 11.9 Å². The molecule has 0 bridgehead atoms. The molecule has 23 heavy (non-hydrogen) atoms. The second kappa shape index (κ2) is 6.58. The molecule has 1 amide bonds. The zero-order valence-corrected chi connectivity index (χ0v) is 14.0. The number of aromatic nitrogens is 2. The van der Waals surface area contributed by atoms with E-state index in [1.54, 1.807) is 28.9 Å². The molecule has 1 aromatic heterocycles. The van der Waals surface area contributed by atoms with Gasteiger partial charge in [-0.3, -0.25) is 14.4 Å². The number of hydrogen-bond donors (Lipinski definition) is 1. The minimum absolute atomic E-state index is 0.0809. The summed E-state index contributed by atoms with van der Waals surface area (Å²) < 4.78 is 34.1. The van der Waals surface area contributed by atoms with Crippen LogP contribution in [0.4, 0.5) is 5.82 Å². The minimum Gasteiger partial charge on any atom is -0.377 e. The van der Waals surface area contributed by atoms with Crippen LogP contribution in [0.5, 0.6) is 0 Å². The molecule has 1 aromatic rings. The standard InChI is InChI=1S/C14H22N4O4S/c1-17-13(6-7-15-17)18-8-2-5-12(14(18)19)16-23(20,21)10-11-4-3-9-22-11/h6-7,11-12,16H,2-5,8-10H2,1H3/t11-,12+/m1/s1. The van der Waals surface area contributed by atoms with Crippen molar-refractivity contribution in [2.45, 2.75) is 37.8 Å². The SMILES string of the molecule is Cn1nccc1N1CCC[C@H](NS(=O)(=O)C[C@H]2CCCO2)C1=O. The molecule has 1 N–H and O–H groups in total. The van der Waals surface area contributed by atoms with E-state index >= 15 is 0 Å². The van der Waals surface area contributed by atoms with Crippen molar-refractivity contribution < 1.29 is 17.9 Å². The summed E-state index contributed by atoms with van der Waals surface area (Å²) >= 11 is 0. The van der Waals surface area contributed by atoms with E-state index in [1.165, 1.54) is 0 Å². The summed E-state index contributed by atoms with van der Waals surface area (Å²) in [6.07, 6.45) is 4.24. The summed E-state index contributed by atoms with van der Waals surface area (Å²) in [6.45, 7) is 1.18. The molecule has 3 rings (SSSR count). The van der Waals surface area contributed by atoms with E-state index in [1.807, 2.05) is 0 Å². The van der Waals surface area contributed by atoms with E-state index in [-0.39, 0.29) is 17.8 Å². The molecule has 0 aliphatic carbocycles. The van der Waals surface area contributed by atoms with Crippen molar-refractivity contribution in [3.8, 4) is 0 Å². The molecular formula is C14H22N4O4S. The molecule has 3 heterocycles. The largest absolute Gasteiger partial charge is 0.377 e. The monoisotopic (exact) mass is 342 g/mol. The Morgan fingerprint density at radius 1 is 1.39 bits per heavy atom. The fourth-order valence-corrected chi connectivity index (χ4v) is 4.63. The van der Waals surface area contributed by atoms with Gasteiger partial charge < -0.3 is 4.74 Å². The van der Waals surface area contributed by atoms with E-state index in [9.17, 15) is 13.2 Å². The molecule has 2 saturated heterocycles. The van der Waals surface area contributed by atoms with Crippen molar-refractivity contribution in [1.29, 1.82) is 0 Å². The summed E-state index contributed by atoms with van der Waals surface area (Å²) in [5.41, 5.74) is 0. The van der Waals surface area contributed by atoms with E-state index in [0.717, 1.165) is 19.3 Å². The zero-order chi connectivity index (χ0) is 16.4. The van der Waals surface area contributed by atoms with Crippen LogP contribution in [0.2, 0.25) is 0 Å². The Bertz CT molecular complexity index is 666. The molecule has 128 valence electrons. The first-order chi connectivity index (χ1) is 11.0. The molecule has 0 radical (unpaired) electrons. The van der Waals surface area contributed by atoms with Gasteiger partial charge in [-0.15, -0.1) is 0 Å². The van der Waals surface area contributed by atoms with Crippen molar-refractivity contribution in [3.63, 3.8) is 0 Å². The van der Waals surface area contributed by atoms with Crippen LogP contribution in [0.3, 0.4) is 0 Å². The highest BCUT2D eigenvalue weighted by molar-refractivity contribution is 7.89. The molecule has 0 unspecified atom stereocenters. The smallest absolute Gasteiger partial charge is 0.246 e. The zero-order valence-electron chi connectivity index (χ0n) is 13.1. The number of anilines is 1. The molecule has 0 saturated carbocycles. The van der Waals surface area contributed by atoms with Crippen molar-refractivity contribution in [1.82, 2.24) is 14.5 Å². The molecule has 0 aromatic carbocycles. The summed E-state index contributed by atoms with van der Waals surface area (Å²) in [5.74, 6) is 0.372. The average molecular weight is 342 g/mol. The Kier molecular flexibility index (Phi) is 4.69. The third kappa shape index (κ3) is 3.73. The Labute approximate surface area is 135 Å². The third-order valence-corrected chi connectivity index (χ3v) is 5.72. The lowest BCUT2D eigenvalue weighted by atomic mass is 10.1. The number of sulfonamides is 1. The van der Waals surface area contributed by atoms with Gasteiger partial charge in [0, 0.05) is 26.3 Å². The van der Waals surface area contributed by atoms with Gasteiger partial charge in [-0.2, -0.15) is 5.10 Å². The van der Waals surface area contributed by atoms with Crippen LogP contribution in [0.15, 0.2) is 12.3 Å². The Balaban J connectivity index is 1.67. The lowest BCUT2D eigenvalue weighted by molar-refractivity contribution is -0.121. The fraction of sp³-hybridized carbons (Fsp3) is 0.714. The molecule has 8 nitrogen and oxygen atoms in total. The second-order valence-electron chi connectivity index (χ2n) is 6.03. The van der Waals surface area contributed by atoms with E-state index in [2.05, 4.69) is 9.82 Å². The number of ether oxygens (including phenoxy) is 1. The maximum Gasteiger partial charge on any atom is 0.246 e. The molecule has 2 fully saturated rings. The number of nitrogens with one attached hydrogen (secondary N) is 1. The highest BCUT2D eigenvalue weighted by atomic mass is 32.2. The van der Waals surface area contributed by atoms with E-state index in [0.29, 0.717) is 25.4 Å². The lowest BCUT2D eigenvalue weighted by Gasteiger charge is -2.32. The van der Waals surface area contributed by atoms with Gasteiger partial charge in [0.15, 0.2) is 0 Å². The van der Waals surface area contributed by atoms with Crippen molar-refractivity contribution in [3.05, 3.63) is 12.3 Å². The first kappa shape index (κ1) is 16.4. The van der Waals surface area contributed by atoms with Gasteiger partial charge in [-0.25, -0.2) is 13.1 Å². The minimum atomic E-state index is -3.54. The Morgan fingerprint density at radius 3 is 2.87 bits per heavy atom. The van der Waals surface area contributed by atoms with Crippen molar-refractivity contribution >= 4 is 21.7 Å². The van der Waals surface area contributed by atoms with Gasteiger partial charge in [-0.05, 0) is 25.7 Å². The number of carbonyl (C=O) groups excluding carboxylic acids is 1. The van der Waals surface area contributed by atoms with Crippen molar-refractivity contribution in [2.75, 3.05) is 23.8 Å². The number of nitrogens with zero attached hydrogens (tertiary/aromatic N) is 3. The molecule has 9 heteroatoms. The predicted molar refractivity (Wildman–Crippen MR) is 84.5 cm³/mol. The summed E-state index contributed by atoms with van der Waals surface area (Å²) in [6, 6.07) is 1.03. The fourth-order valence-electron chi connectivity index (χ4n) is 3.13. The number of carbonyl (C=O) groups is 1. The summed E-state index contributed by atoms with van der Waals surface area (Å²) in [7, 11) is -1.79. The van der Waals surface area contributed by atoms with E-state index in [4.69, 9.17) is 4.74 Å². The predicted octanol–water partition coefficient (Wildman–Crippen LogP) is 0.0139. The highest BCUT2D eigenvalue weighted by Gasteiger charge is 2.34. The van der Waals surface area contributed by atoms with Gasteiger partial charge >= 0.3 is 0 Å². The topological polar surface area (TPSA) is 93.5 Å². The van der Waals surface area contributed by atoms with Crippen LogP contribution in [0, 0.1) is 0 Å². The van der Waals surface area contributed by atoms with Crippen LogP contribution in [-0.4, -0.2) is 55.2 Å². The van der Waals surface area contributed by atoms with Crippen LogP contribution in [0.1, 0.15) is 25.7 Å². The number of amides is 1. The van der Waals surface area contributed by atoms with Crippen LogP contribution >= 0.6 is 0 Å². The molecular weight excluding hydrogens is 320 g/mol. The third-order valence-electron chi connectivity index (χ3n) is 4.26. The van der Waals surface area contributed by atoms with Crippen molar-refractivity contribution in [2.24, 2.45) is 7.05 Å². The Hall–Kier alpha value is -1.45. The van der Waals surface area contributed by atoms with E-state index < -0.39 is 16.1 Å². The maximum absolute atomic E-state index is 12.6. The van der Waals surface area contributed by atoms with Crippen LogP contribution < -0.4 is 9.62 Å². The molecule has 0 spiro atoms. The van der Waals surface area contributed by atoms with Crippen LogP contribution in [0.25, 0.3) is 0 Å². The number of rotatable bonds is 5. The lowest BCUT2D eigenvalue weighted by Crippen LogP contribution is -2.53. The molecule has 2 aliphatic rings. The highest BCUT2D eigenvalue weighted by Crippen LogP contribution is 2.21. The molecule has 2 aliphatic heterocycles. The summed E-state index contributed by atoms with van der Waals surface area (Å²) in [4.78, 5) is 14.2. The first-order valence-electron chi connectivity index (χ1n) is 7.87.